The Balaban J connectivity index is 2.10. The van der Waals surface area contributed by atoms with Gasteiger partial charge in [-0.2, -0.15) is 0 Å². The Morgan fingerprint density at radius 2 is 2.45 bits per heavy atom. The molecule has 1 aromatic carbocycles. The normalized spacial score (nSPS) is 27.4. The number of rotatable bonds is 2. The molecule has 2 aliphatic heterocycles. The summed E-state index contributed by atoms with van der Waals surface area (Å²) < 4.78 is 20.0. The van der Waals surface area contributed by atoms with Crippen LogP contribution in [-0.2, 0) is 0 Å². The molecule has 3 nitrogen and oxygen atoms in total. The first-order chi connectivity index (χ1) is 9.44. The summed E-state index contributed by atoms with van der Waals surface area (Å²) in [6.07, 6.45) is 2.41. The van der Waals surface area contributed by atoms with E-state index < -0.39 is 11.5 Å². The predicted molar refractivity (Wildman–Crippen MR) is 80.4 cm³/mol. The highest BCUT2D eigenvalue weighted by molar-refractivity contribution is 7.80. The summed E-state index contributed by atoms with van der Waals surface area (Å²) in [6.45, 7) is 6.18. The third-order valence-corrected chi connectivity index (χ3v) is 4.30. The summed E-state index contributed by atoms with van der Waals surface area (Å²) in [6, 6.07) is 2.90. The van der Waals surface area contributed by atoms with Crippen LogP contribution in [0.4, 0.5) is 4.39 Å². The van der Waals surface area contributed by atoms with Crippen molar-refractivity contribution >= 4 is 28.9 Å². The van der Waals surface area contributed by atoms with E-state index in [-0.39, 0.29) is 11.8 Å². The van der Waals surface area contributed by atoms with Gasteiger partial charge >= 0.3 is 0 Å². The van der Waals surface area contributed by atoms with Gasteiger partial charge in [-0.25, -0.2) is 4.39 Å². The molecule has 2 unspecified atom stereocenters. The summed E-state index contributed by atoms with van der Waals surface area (Å²) in [4.78, 5) is 1.88. The Labute approximate surface area is 127 Å². The van der Waals surface area contributed by atoms with E-state index >= 15 is 0 Å². The first-order valence-electron chi connectivity index (χ1n) is 6.31. The Morgan fingerprint density at radius 3 is 3.15 bits per heavy atom. The van der Waals surface area contributed by atoms with Crippen LogP contribution in [0.3, 0.4) is 0 Å². The van der Waals surface area contributed by atoms with Crippen LogP contribution in [0.25, 0.3) is 0 Å². The summed E-state index contributed by atoms with van der Waals surface area (Å²) in [5.41, 5.74) is 0.0381. The van der Waals surface area contributed by atoms with Gasteiger partial charge < -0.3 is 15.0 Å². The molecule has 1 saturated heterocycles. The third kappa shape index (κ3) is 1.96. The van der Waals surface area contributed by atoms with Gasteiger partial charge in [0.2, 0.25) is 0 Å². The molecule has 3 rings (SSSR count). The lowest BCUT2D eigenvalue weighted by Crippen LogP contribution is -2.64. The minimum Gasteiger partial charge on any atom is -0.465 e. The number of nitrogens with one attached hydrogen (secondary N) is 1. The van der Waals surface area contributed by atoms with E-state index in [0.29, 0.717) is 28.7 Å². The quantitative estimate of drug-likeness (QED) is 0.668. The van der Waals surface area contributed by atoms with Gasteiger partial charge in [-0.05, 0) is 31.3 Å². The molecule has 1 fully saturated rings. The zero-order valence-corrected chi connectivity index (χ0v) is 12.5. The molecule has 2 aliphatic rings. The summed E-state index contributed by atoms with van der Waals surface area (Å²) in [7, 11) is 0. The maximum Gasteiger partial charge on any atom is 0.184 e. The van der Waals surface area contributed by atoms with E-state index in [1.807, 2.05) is 11.8 Å². The number of nitrogens with zero attached hydrogens (tertiary/aromatic N) is 1. The molecule has 0 radical (unpaired) electrons. The van der Waals surface area contributed by atoms with Crippen LogP contribution >= 0.6 is 23.8 Å². The van der Waals surface area contributed by atoms with Crippen molar-refractivity contribution in [3.8, 4) is 5.75 Å². The van der Waals surface area contributed by atoms with Crippen molar-refractivity contribution in [1.29, 1.82) is 0 Å². The molecule has 2 heterocycles. The molecule has 20 heavy (non-hydrogen) atoms. The van der Waals surface area contributed by atoms with Gasteiger partial charge in [0, 0.05) is 23.6 Å². The number of thiocarbonyl (C=S) groups is 1. The Hall–Kier alpha value is -1.33. The minimum absolute atomic E-state index is 0.0921. The fourth-order valence-corrected chi connectivity index (χ4v) is 3.46. The van der Waals surface area contributed by atoms with Gasteiger partial charge in [0.1, 0.15) is 0 Å². The second-order valence-corrected chi connectivity index (χ2v) is 6.01. The van der Waals surface area contributed by atoms with E-state index in [0.717, 1.165) is 0 Å². The number of hydrogen-bond donors (Lipinski definition) is 1. The highest BCUT2D eigenvalue weighted by Gasteiger charge is 2.48. The molecule has 106 valence electrons. The van der Waals surface area contributed by atoms with Gasteiger partial charge in [-0.3, -0.25) is 0 Å². The second-order valence-electron chi connectivity index (χ2n) is 5.19. The fourth-order valence-electron chi connectivity index (χ4n) is 2.84. The molecule has 0 amide bonds. The third-order valence-electron chi connectivity index (χ3n) is 3.74. The smallest absolute Gasteiger partial charge is 0.184 e. The van der Waals surface area contributed by atoms with E-state index in [9.17, 15) is 4.39 Å². The van der Waals surface area contributed by atoms with Gasteiger partial charge in [0.25, 0.3) is 0 Å². The number of hydrogen-bond acceptors (Lipinski definition) is 2. The minimum atomic E-state index is -0.678. The van der Waals surface area contributed by atoms with E-state index in [1.54, 1.807) is 12.1 Å². The first kappa shape index (κ1) is 13.6. The zero-order chi connectivity index (χ0) is 14.5. The number of halogens is 2. The van der Waals surface area contributed by atoms with Gasteiger partial charge in [0.15, 0.2) is 22.4 Å². The lowest BCUT2D eigenvalue weighted by molar-refractivity contribution is -0.0657. The van der Waals surface area contributed by atoms with Crippen LogP contribution in [0.15, 0.2) is 24.8 Å². The Morgan fingerprint density at radius 1 is 1.70 bits per heavy atom. The first-order valence-corrected chi connectivity index (χ1v) is 7.10. The average Bonchev–Trinajstić information content (AvgIpc) is 2.36. The van der Waals surface area contributed by atoms with Crippen molar-refractivity contribution in [2.75, 3.05) is 6.54 Å². The topological polar surface area (TPSA) is 24.5 Å². The molecular formula is C14H14ClFN2OS. The molecule has 0 aliphatic carbocycles. The summed E-state index contributed by atoms with van der Waals surface area (Å²) in [5, 5.41) is 4.16. The zero-order valence-electron chi connectivity index (χ0n) is 11.0. The molecule has 0 spiro atoms. The van der Waals surface area contributed by atoms with Crippen molar-refractivity contribution in [1.82, 2.24) is 10.2 Å². The number of benzene rings is 1. The summed E-state index contributed by atoms with van der Waals surface area (Å²) in [5.74, 6) is -0.200. The molecule has 2 atom stereocenters. The monoisotopic (exact) mass is 312 g/mol. The Kier molecular flexibility index (Phi) is 3.14. The largest absolute Gasteiger partial charge is 0.465 e. The molecule has 0 saturated carbocycles. The number of ether oxygens (including phenoxy) is 1. The lowest BCUT2D eigenvalue weighted by Gasteiger charge is -2.52. The van der Waals surface area contributed by atoms with Crippen LogP contribution in [0.1, 0.15) is 24.9 Å². The molecule has 1 N–H and O–H groups in total. The van der Waals surface area contributed by atoms with Crippen molar-refractivity contribution in [3.05, 3.63) is 41.2 Å². The van der Waals surface area contributed by atoms with Crippen LogP contribution in [0.2, 0.25) is 5.02 Å². The fraction of sp³-hybridized carbons (Fsp3) is 0.357. The average molecular weight is 313 g/mol. The molecule has 0 aromatic heterocycles. The lowest BCUT2D eigenvalue weighted by atomic mass is 9.90. The van der Waals surface area contributed by atoms with Crippen molar-refractivity contribution in [2.45, 2.75) is 25.1 Å². The molecule has 1 aromatic rings. The van der Waals surface area contributed by atoms with Crippen LogP contribution in [-0.4, -0.2) is 22.3 Å². The van der Waals surface area contributed by atoms with E-state index in [2.05, 4.69) is 11.9 Å². The standard InChI is InChI=1S/C14H14ClFN2OS/c1-3-4-18-13(20)17-11-7-14(18,2)19-12-9(11)5-8(15)6-10(12)16/h3,5-6,11H,1,4,7H2,2H3,(H,17,20). The van der Waals surface area contributed by atoms with Crippen molar-refractivity contribution in [2.24, 2.45) is 0 Å². The van der Waals surface area contributed by atoms with Crippen LogP contribution in [0, 0.1) is 5.82 Å². The van der Waals surface area contributed by atoms with Crippen LogP contribution in [0.5, 0.6) is 5.75 Å². The maximum absolute atomic E-state index is 14.1. The highest BCUT2D eigenvalue weighted by Crippen LogP contribution is 2.46. The van der Waals surface area contributed by atoms with Gasteiger partial charge in [0.05, 0.1) is 6.04 Å². The molecular weight excluding hydrogens is 299 g/mol. The van der Waals surface area contributed by atoms with Gasteiger partial charge in [-0.15, -0.1) is 6.58 Å². The maximum atomic E-state index is 14.1. The second kappa shape index (κ2) is 4.60. The molecule has 2 bridgehead atoms. The Bertz CT molecular complexity index is 609. The number of fused-ring (bicyclic) bond motifs is 4. The SMILES string of the molecule is C=CCN1C(=S)NC2CC1(C)Oc1c(F)cc(Cl)cc12. The van der Waals surface area contributed by atoms with E-state index in [1.165, 1.54) is 6.07 Å². The molecule has 6 heteroatoms. The highest BCUT2D eigenvalue weighted by atomic mass is 35.5. The van der Waals surface area contributed by atoms with E-state index in [4.69, 9.17) is 28.6 Å². The van der Waals surface area contributed by atoms with Gasteiger partial charge in [-0.1, -0.05) is 17.7 Å². The van der Waals surface area contributed by atoms with Crippen LogP contribution < -0.4 is 10.1 Å². The predicted octanol–water partition coefficient (Wildman–Crippen LogP) is 3.40. The summed E-state index contributed by atoms with van der Waals surface area (Å²) >= 11 is 11.3. The van der Waals surface area contributed by atoms with Crippen molar-refractivity contribution in [3.63, 3.8) is 0 Å². The van der Waals surface area contributed by atoms with Crippen molar-refractivity contribution < 1.29 is 9.13 Å².